The van der Waals surface area contributed by atoms with Gasteiger partial charge in [-0.05, 0) is 90.4 Å². The van der Waals surface area contributed by atoms with Crippen molar-refractivity contribution in [2.75, 3.05) is 6.61 Å². The Morgan fingerprint density at radius 3 is 1.93 bits per heavy atom. The maximum atomic E-state index is 10.7. The highest BCUT2D eigenvalue weighted by molar-refractivity contribution is 5.65. The maximum absolute atomic E-state index is 10.7. The van der Waals surface area contributed by atoms with Gasteiger partial charge in [0.2, 0.25) is 0 Å². The van der Waals surface area contributed by atoms with Crippen LogP contribution in [0.5, 0.6) is 0 Å². The number of rotatable bonds is 3. The van der Waals surface area contributed by atoms with Crippen molar-refractivity contribution in [3.05, 3.63) is 35.9 Å². The van der Waals surface area contributed by atoms with Gasteiger partial charge in [0.25, 0.3) is 0 Å². The van der Waals surface area contributed by atoms with E-state index in [2.05, 4.69) is 58.0 Å². The summed E-state index contributed by atoms with van der Waals surface area (Å²) in [5.41, 5.74) is 1.59. The zero-order valence-corrected chi connectivity index (χ0v) is 19.0. The summed E-state index contributed by atoms with van der Waals surface area (Å²) in [5.74, 6) is 8.69. The Kier molecular flexibility index (Phi) is 6.09. The molecule has 160 valence electrons. The summed E-state index contributed by atoms with van der Waals surface area (Å²) in [4.78, 5) is 10.7. The molecular weight excluding hydrogens is 356 g/mol. The van der Waals surface area contributed by atoms with E-state index in [4.69, 9.17) is 4.74 Å². The second-order valence-corrected chi connectivity index (χ2v) is 10.8. The SMILES string of the molecule is CC(=O)OCC1C[C@H]2C[C@@H]1C(C)C2C.CC1C(C)[C@H]2C[C@@H]1C[C@@H]2c1ccccc1. The maximum Gasteiger partial charge on any atom is 0.302 e. The molecule has 0 N–H and O–H groups in total. The summed E-state index contributed by atoms with van der Waals surface area (Å²) < 4.78 is 5.12. The normalized spacial score (nSPS) is 44.4. The minimum absolute atomic E-state index is 0.131. The van der Waals surface area contributed by atoms with Crippen LogP contribution in [0.15, 0.2) is 30.3 Å². The average Bonchev–Trinajstić information content (AvgIpc) is 3.46. The van der Waals surface area contributed by atoms with Gasteiger partial charge in [-0.25, -0.2) is 0 Å². The van der Waals surface area contributed by atoms with E-state index in [9.17, 15) is 4.79 Å². The van der Waals surface area contributed by atoms with Gasteiger partial charge in [-0.3, -0.25) is 4.79 Å². The van der Waals surface area contributed by atoms with Gasteiger partial charge in [0, 0.05) is 6.92 Å². The van der Waals surface area contributed by atoms with Crippen LogP contribution >= 0.6 is 0 Å². The standard InChI is InChI=1S/C15H20.C12H20O2/c1-10-11(2)14-8-13(10)9-15(14)12-6-4-3-5-7-12;1-7-8(2)12-5-10(7)4-11(12)6-14-9(3)13/h3-7,10-11,13-15H,8-9H2,1-2H3;7-8,10-12H,4-6H2,1-3H3/t10?,11?,13-,14-,15-;7?,8?,10-,11?,12+/m10/s1. The van der Waals surface area contributed by atoms with Gasteiger partial charge >= 0.3 is 5.97 Å². The molecule has 4 aliphatic rings. The lowest BCUT2D eigenvalue weighted by molar-refractivity contribution is -0.143. The average molecular weight is 397 g/mol. The number of ether oxygens (including phenoxy) is 1. The van der Waals surface area contributed by atoms with Crippen LogP contribution in [-0.2, 0) is 9.53 Å². The molecular formula is C27H40O2. The highest BCUT2D eigenvalue weighted by Gasteiger charge is 2.49. The lowest BCUT2D eigenvalue weighted by Gasteiger charge is -2.32. The molecule has 29 heavy (non-hydrogen) atoms. The fourth-order valence-corrected chi connectivity index (χ4v) is 7.53. The van der Waals surface area contributed by atoms with Crippen LogP contribution in [0.4, 0.5) is 0 Å². The van der Waals surface area contributed by atoms with E-state index < -0.39 is 0 Å². The molecule has 1 aromatic carbocycles. The zero-order valence-electron chi connectivity index (χ0n) is 19.0. The number of fused-ring (bicyclic) bond motifs is 4. The zero-order chi connectivity index (χ0) is 20.7. The molecule has 4 bridgehead atoms. The molecule has 4 fully saturated rings. The van der Waals surface area contributed by atoms with Crippen LogP contribution < -0.4 is 0 Å². The summed E-state index contributed by atoms with van der Waals surface area (Å²) in [5, 5.41) is 0. The Labute approximate surface area is 177 Å². The van der Waals surface area contributed by atoms with E-state index in [1.807, 2.05) is 0 Å². The van der Waals surface area contributed by atoms with Crippen LogP contribution in [-0.4, -0.2) is 12.6 Å². The number of carbonyl (C=O) groups is 1. The Hall–Kier alpha value is -1.31. The van der Waals surface area contributed by atoms with Crippen molar-refractivity contribution < 1.29 is 9.53 Å². The number of hydrogen-bond donors (Lipinski definition) is 0. The molecule has 2 heteroatoms. The fourth-order valence-electron chi connectivity index (χ4n) is 7.53. The van der Waals surface area contributed by atoms with Crippen molar-refractivity contribution in [2.45, 2.75) is 66.2 Å². The highest BCUT2D eigenvalue weighted by Crippen LogP contribution is 2.58. The quantitative estimate of drug-likeness (QED) is 0.541. The molecule has 1 aromatic rings. The van der Waals surface area contributed by atoms with Crippen LogP contribution in [0.25, 0.3) is 0 Å². The Bertz CT molecular complexity index is 694. The third-order valence-corrected chi connectivity index (χ3v) is 9.66. The number of benzene rings is 1. The summed E-state index contributed by atoms with van der Waals surface area (Å²) in [6.45, 7) is 11.8. The van der Waals surface area contributed by atoms with Crippen LogP contribution in [0, 0.1) is 53.3 Å². The minimum atomic E-state index is -0.131. The smallest absolute Gasteiger partial charge is 0.302 e. The first-order valence-corrected chi connectivity index (χ1v) is 12.0. The molecule has 10 atom stereocenters. The van der Waals surface area contributed by atoms with Gasteiger partial charge in [-0.15, -0.1) is 0 Å². The Morgan fingerprint density at radius 1 is 0.828 bits per heavy atom. The number of carbonyl (C=O) groups excluding carboxylic acids is 1. The lowest BCUT2D eigenvalue weighted by Crippen LogP contribution is -2.27. The van der Waals surface area contributed by atoms with Crippen molar-refractivity contribution in [3.63, 3.8) is 0 Å². The topological polar surface area (TPSA) is 26.3 Å². The third-order valence-electron chi connectivity index (χ3n) is 9.66. The van der Waals surface area contributed by atoms with E-state index in [0.29, 0.717) is 12.5 Å². The monoisotopic (exact) mass is 396 g/mol. The van der Waals surface area contributed by atoms with Crippen molar-refractivity contribution in [1.82, 2.24) is 0 Å². The molecule has 0 spiro atoms. The van der Waals surface area contributed by atoms with Crippen LogP contribution in [0.1, 0.15) is 71.8 Å². The highest BCUT2D eigenvalue weighted by atomic mass is 16.5. The Balaban J connectivity index is 0.000000142. The molecule has 5 rings (SSSR count). The summed E-state index contributed by atoms with van der Waals surface area (Å²) in [7, 11) is 0. The first kappa shape index (κ1) is 20.9. The molecule has 4 aliphatic carbocycles. The summed E-state index contributed by atoms with van der Waals surface area (Å²) >= 11 is 0. The van der Waals surface area contributed by atoms with Crippen molar-refractivity contribution in [3.8, 4) is 0 Å². The molecule has 4 saturated carbocycles. The van der Waals surface area contributed by atoms with E-state index in [0.717, 1.165) is 53.3 Å². The lowest BCUT2D eigenvalue weighted by atomic mass is 9.73. The molecule has 2 nitrogen and oxygen atoms in total. The number of hydrogen-bond acceptors (Lipinski definition) is 2. The summed E-state index contributed by atoms with van der Waals surface area (Å²) in [6, 6.07) is 11.2. The van der Waals surface area contributed by atoms with Gasteiger partial charge in [-0.2, -0.15) is 0 Å². The Morgan fingerprint density at radius 2 is 1.41 bits per heavy atom. The van der Waals surface area contributed by atoms with Gasteiger partial charge in [0.05, 0.1) is 6.61 Å². The third kappa shape index (κ3) is 4.01. The first-order valence-electron chi connectivity index (χ1n) is 12.0. The molecule has 0 heterocycles. The van der Waals surface area contributed by atoms with E-state index in [1.54, 1.807) is 5.56 Å². The van der Waals surface area contributed by atoms with Crippen molar-refractivity contribution >= 4 is 5.97 Å². The second-order valence-electron chi connectivity index (χ2n) is 10.8. The molecule has 5 unspecified atom stereocenters. The molecule has 0 aliphatic heterocycles. The van der Waals surface area contributed by atoms with Gasteiger partial charge in [0.1, 0.15) is 0 Å². The van der Waals surface area contributed by atoms with Crippen molar-refractivity contribution in [1.29, 1.82) is 0 Å². The first-order chi connectivity index (χ1) is 13.9. The van der Waals surface area contributed by atoms with E-state index in [-0.39, 0.29) is 5.97 Å². The van der Waals surface area contributed by atoms with Gasteiger partial charge < -0.3 is 4.74 Å². The van der Waals surface area contributed by atoms with Crippen LogP contribution in [0.2, 0.25) is 0 Å². The molecule has 0 radical (unpaired) electrons. The van der Waals surface area contributed by atoms with Gasteiger partial charge in [-0.1, -0.05) is 58.0 Å². The van der Waals surface area contributed by atoms with E-state index in [1.165, 1.54) is 32.6 Å². The van der Waals surface area contributed by atoms with Gasteiger partial charge in [0.15, 0.2) is 0 Å². The minimum Gasteiger partial charge on any atom is -0.466 e. The second kappa shape index (κ2) is 8.44. The van der Waals surface area contributed by atoms with Crippen molar-refractivity contribution in [2.24, 2.45) is 53.3 Å². The number of esters is 1. The molecule has 0 amide bonds. The summed E-state index contributed by atoms with van der Waals surface area (Å²) in [6.07, 6.45) is 5.58. The largest absolute Gasteiger partial charge is 0.466 e. The van der Waals surface area contributed by atoms with E-state index >= 15 is 0 Å². The predicted molar refractivity (Wildman–Crippen MR) is 118 cm³/mol. The van der Waals surface area contributed by atoms with Crippen LogP contribution in [0.3, 0.4) is 0 Å². The molecule has 0 aromatic heterocycles. The molecule has 0 saturated heterocycles. The fraction of sp³-hybridized carbons (Fsp3) is 0.741. The predicted octanol–water partition coefficient (Wildman–Crippen LogP) is 6.56.